The topological polar surface area (TPSA) is 26.3 Å². The molecule has 0 unspecified atom stereocenters. The van der Waals surface area contributed by atoms with E-state index in [1.807, 2.05) is 23.5 Å². The van der Waals surface area contributed by atoms with E-state index in [1.54, 1.807) is 0 Å². The molecule has 0 atom stereocenters. The van der Waals surface area contributed by atoms with E-state index >= 15 is 0 Å². The molecule has 0 spiro atoms. The van der Waals surface area contributed by atoms with Gasteiger partial charge in [0.2, 0.25) is 0 Å². The summed E-state index contributed by atoms with van der Waals surface area (Å²) >= 11 is 1.89. The van der Waals surface area contributed by atoms with Crippen LogP contribution in [0.3, 0.4) is 0 Å². The van der Waals surface area contributed by atoms with Gasteiger partial charge in [-0.15, -0.1) is 11.3 Å². The average Bonchev–Trinajstić information content (AvgIpc) is 3.96. The molecule has 0 aliphatic heterocycles. The Morgan fingerprint density at radius 3 is 1.67 bits per heavy atom. The van der Waals surface area contributed by atoms with Gasteiger partial charge in [0.1, 0.15) is 22.3 Å². The van der Waals surface area contributed by atoms with Crippen molar-refractivity contribution in [3.8, 4) is 33.4 Å². The molecule has 0 aliphatic rings. The van der Waals surface area contributed by atoms with Crippen molar-refractivity contribution in [2.24, 2.45) is 0 Å². The number of hydrogen-bond donors (Lipinski definition) is 0. The molecule has 57 heavy (non-hydrogen) atoms. The lowest BCUT2D eigenvalue weighted by Crippen LogP contribution is -1.91. The molecule has 3 aromatic heterocycles. The highest BCUT2D eigenvalue weighted by Crippen LogP contribution is 2.49. The summed E-state index contributed by atoms with van der Waals surface area (Å²) in [5.41, 5.74) is 10.7. The monoisotopic (exact) mass is 742 g/mol. The van der Waals surface area contributed by atoms with Crippen LogP contribution in [0.1, 0.15) is 0 Å². The van der Waals surface area contributed by atoms with E-state index in [4.69, 9.17) is 8.83 Å². The first-order valence-corrected chi connectivity index (χ1v) is 20.2. The summed E-state index contributed by atoms with van der Waals surface area (Å²) in [4.78, 5) is 0. The van der Waals surface area contributed by atoms with Gasteiger partial charge in [-0.25, -0.2) is 0 Å². The maximum Gasteiger partial charge on any atom is 0.147 e. The Kier molecular flexibility index (Phi) is 6.35. The van der Waals surface area contributed by atoms with Gasteiger partial charge in [0.15, 0.2) is 0 Å². The second-order valence-electron chi connectivity index (χ2n) is 15.1. The quantitative estimate of drug-likeness (QED) is 0.169. The van der Waals surface area contributed by atoms with Gasteiger partial charge < -0.3 is 8.83 Å². The summed E-state index contributed by atoms with van der Waals surface area (Å²) < 4.78 is 16.0. The molecule has 13 aromatic rings. The average molecular weight is 743 g/mol. The van der Waals surface area contributed by atoms with Gasteiger partial charge in [-0.3, -0.25) is 0 Å². The smallest absolute Gasteiger partial charge is 0.147 e. The summed E-state index contributed by atoms with van der Waals surface area (Å²) in [6.45, 7) is 0. The Hall–Kier alpha value is -7.20. The number of rotatable bonds is 3. The molecule has 0 aliphatic carbocycles. The lowest BCUT2D eigenvalue weighted by atomic mass is 9.85. The third-order valence-electron chi connectivity index (χ3n) is 12.1. The minimum absolute atomic E-state index is 0.828. The Labute approximate surface area is 330 Å². The van der Waals surface area contributed by atoms with Gasteiger partial charge in [0, 0.05) is 47.5 Å². The summed E-state index contributed by atoms with van der Waals surface area (Å²) in [7, 11) is 0. The van der Waals surface area contributed by atoms with E-state index < -0.39 is 0 Å². The fraction of sp³-hybridized carbons (Fsp3) is 0. The molecule has 264 valence electrons. The first-order chi connectivity index (χ1) is 28.3. The molecule has 0 radical (unpaired) electrons. The van der Waals surface area contributed by atoms with E-state index in [-0.39, 0.29) is 0 Å². The fourth-order valence-electron chi connectivity index (χ4n) is 9.60. The predicted molar refractivity (Wildman–Crippen MR) is 243 cm³/mol. The molecule has 0 bridgehead atoms. The molecular weight excluding hydrogens is 713 g/mol. The molecule has 10 aromatic carbocycles. The summed E-state index contributed by atoms with van der Waals surface area (Å²) in [5, 5.41) is 14.3. The van der Waals surface area contributed by atoms with Crippen LogP contribution < -0.4 is 0 Å². The fourth-order valence-corrected chi connectivity index (χ4v) is 10.8. The molecule has 0 saturated heterocycles. The molecule has 0 amide bonds. The summed E-state index contributed by atoms with van der Waals surface area (Å²) in [5.74, 6) is 0. The third-order valence-corrected chi connectivity index (χ3v) is 13.3. The molecule has 0 fully saturated rings. The number of benzene rings is 10. The van der Waals surface area contributed by atoms with Crippen molar-refractivity contribution in [1.82, 2.24) is 0 Å². The molecule has 3 heterocycles. The van der Waals surface area contributed by atoms with E-state index in [0.29, 0.717) is 0 Å². The van der Waals surface area contributed by atoms with Crippen molar-refractivity contribution in [1.29, 1.82) is 0 Å². The zero-order valence-electron chi connectivity index (χ0n) is 30.5. The maximum atomic E-state index is 6.83. The van der Waals surface area contributed by atoms with Gasteiger partial charge in [-0.2, -0.15) is 0 Å². The second kappa shape index (κ2) is 11.7. The van der Waals surface area contributed by atoms with Crippen molar-refractivity contribution >= 4 is 108 Å². The largest absolute Gasteiger partial charge is 0.455 e. The maximum absolute atomic E-state index is 6.83. The van der Waals surface area contributed by atoms with Crippen LogP contribution >= 0.6 is 11.3 Å². The van der Waals surface area contributed by atoms with Crippen molar-refractivity contribution < 1.29 is 8.83 Å². The van der Waals surface area contributed by atoms with E-state index in [1.165, 1.54) is 69.4 Å². The molecule has 0 N–H and O–H groups in total. The van der Waals surface area contributed by atoms with Crippen molar-refractivity contribution in [2.75, 3.05) is 0 Å². The molecular formula is C54H30O2S. The number of fused-ring (bicyclic) bond motifs is 13. The zero-order chi connectivity index (χ0) is 37.2. The Balaban J connectivity index is 1.04. The van der Waals surface area contributed by atoms with Crippen LogP contribution in [-0.2, 0) is 0 Å². The van der Waals surface area contributed by atoms with E-state index in [2.05, 4.69) is 170 Å². The SMILES string of the molecule is c1ccc2c(-c3ccc(-c4c5ccccc5c(-c5cccc6c5sc5ccccc56)c5ccccc45)cc3)c3oc4ccc5c6ccccc6oc5c4c3cc2c1. The molecule has 3 heteroatoms. The predicted octanol–water partition coefficient (Wildman–Crippen LogP) is 16.3. The van der Waals surface area contributed by atoms with E-state index in [9.17, 15) is 0 Å². The molecule has 2 nitrogen and oxygen atoms in total. The minimum Gasteiger partial charge on any atom is -0.455 e. The number of thiophene rings is 1. The number of para-hydroxylation sites is 1. The lowest BCUT2D eigenvalue weighted by Gasteiger charge is -2.18. The third kappa shape index (κ3) is 4.35. The highest BCUT2D eigenvalue weighted by atomic mass is 32.1. The molecule has 13 rings (SSSR count). The van der Waals surface area contributed by atoms with Gasteiger partial charge >= 0.3 is 0 Å². The normalized spacial score (nSPS) is 12.2. The van der Waals surface area contributed by atoms with Crippen LogP contribution in [0.5, 0.6) is 0 Å². The minimum atomic E-state index is 0.828. The standard InChI is InChI=1S/C54H30O2S/c1-2-13-34-33(12-1)30-44-51-46(29-28-41-35-14-7-9-22-45(35)55-52(41)51)56-53(44)49(34)32-26-24-31(25-27-32)48-37-16-3-5-18-39(37)50(40-19-6-4-17-38(40)48)43-21-11-20-42-36-15-8-10-23-47(36)57-54(42)43/h1-30H. The van der Waals surface area contributed by atoms with Crippen LogP contribution in [-0.4, -0.2) is 0 Å². The highest BCUT2D eigenvalue weighted by molar-refractivity contribution is 7.26. The van der Waals surface area contributed by atoms with E-state index in [0.717, 1.165) is 60.4 Å². The summed E-state index contributed by atoms with van der Waals surface area (Å²) in [6.07, 6.45) is 0. The second-order valence-corrected chi connectivity index (χ2v) is 16.1. The van der Waals surface area contributed by atoms with Crippen LogP contribution in [0.15, 0.2) is 191 Å². The zero-order valence-corrected chi connectivity index (χ0v) is 31.4. The van der Waals surface area contributed by atoms with Gasteiger partial charge in [-0.1, -0.05) is 152 Å². The van der Waals surface area contributed by atoms with Crippen molar-refractivity contribution in [3.63, 3.8) is 0 Å². The summed E-state index contributed by atoms with van der Waals surface area (Å²) in [6, 6.07) is 66.0. The van der Waals surface area contributed by atoms with Crippen LogP contribution in [0, 0.1) is 0 Å². The van der Waals surface area contributed by atoms with Gasteiger partial charge in [0.25, 0.3) is 0 Å². The first-order valence-electron chi connectivity index (χ1n) is 19.4. The van der Waals surface area contributed by atoms with Crippen LogP contribution in [0.25, 0.3) is 130 Å². The number of furan rings is 2. The molecule has 0 saturated carbocycles. The van der Waals surface area contributed by atoms with Crippen LogP contribution in [0.2, 0.25) is 0 Å². The lowest BCUT2D eigenvalue weighted by molar-refractivity contribution is 0.663. The Bertz CT molecular complexity index is 3750. The van der Waals surface area contributed by atoms with Gasteiger partial charge in [0.05, 0.1) is 5.39 Å². The van der Waals surface area contributed by atoms with Crippen molar-refractivity contribution in [2.45, 2.75) is 0 Å². The Morgan fingerprint density at radius 2 is 0.912 bits per heavy atom. The van der Waals surface area contributed by atoms with Gasteiger partial charge in [-0.05, 0) is 84.9 Å². The van der Waals surface area contributed by atoms with Crippen LogP contribution in [0.4, 0.5) is 0 Å². The highest BCUT2D eigenvalue weighted by Gasteiger charge is 2.22. The van der Waals surface area contributed by atoms with Crippen molar-refractivity contribution in [3.05, 3.63) is 182 Å². The number of hydrogen-bond acceptors (Lipinski definition) is 3. The first kappa shape index (κ1) is 31.1. The Morgan fingerprint density at radius 1 is 0.333 bits per heavy atom.